The van der Waals surface area contributed by atoms with Crippen LogP contribution in [0.1, 0.15) is 27.2 Å². The van der Waals surface area contributed by atoms with Gasteiger partial charge in [0, 0.05) is 0 Å². The molecule has 0 aliphatic rings. The van der Waals surface area contributed by atoms with Crippen molar-refractivity contribution < 1.29 is 0 Å². The molecule has 0 rings (SSSR count). The summed E-state index contributed by atoms with van der Waals surface area (Å²) in [6, 6.07) is 0. The molecule has 0 aromatic carbocycles. The molecule has 1 unspecified atom stereocenters. The van der Waals surface area contributed by atoms with Gasteiger partial charge in [-0.2, -0.15) is 0 Å². The zero-order chi connectivity index (χ0) is 7.28. The van der Waals surface area contributed by atoms with E-state index in [0.717, 1.165) is 17.1 Å². The van der Waals surface area contributed by atoms with E-state index in [9.17, 15) is 0 Å². The molecular weight excluding hydrogens is 169 g/mol. The van der Waals surface area contributed by atoms with Crippen molar-refractivity contribution in [1.82, 2.24) is 0 Å². The Balaban J connectivity index is 3.48. The molecule has 0 aromatic rings. The second-order valence-corrected chi connectivity index (χ2v) is 6.82. The van der Waals surface area contributed by atoms with Crippen LogP contribution >= 0.6 is 0 Å². The molecule has 0 spiro atoms. The van der Waals surface area contributed by atoms with Crippen molar-refractivity contribution >= 4 is 19.8 Å². The van der Waals surface area contributed by atoms with E-state index in [0.29, 0.717) is 0 Å². The van der Waals surface area contributed by atoms with E-state index in [1.54, 1.807) is 0 Å². The van der Waals surface area contributed by atoms with Crippen LogP contribution in [0.5, 0.6) is 0 Å². The van der Waals surface area contributed by atoms with Crippen molar-refractivity contribution in [2.45, 2.75) is 31.9 Å². The van der Waals surface area contributed by atoms with Crippen LogP contribution in [0.2, 0.25) is 4.75 Å². The van der Waals surface area contributed by atoms with Gasteiger partial charge in [0.05, 0.1) is 0 Å². The Hall–Kier alpha value is 0.413. The molecular formula is C8H17Ge. The summed E-state index contributed by atoms with van der Waals surface area (Å²) in [7, 11) is 0. The average molecular weight is 186 g/mol. The first kappa shape index (κ1) is 9.41. The third kappa shape index (κ3) is 4.89. The first-order valence-corrected chi connectivity index (χ1v) is 6.44. The standard InChI is InChI=1S/C8H17Ge/c1-5-6-9-8(4)7(2)3/h6-9H,1,5H2,2-4H3. The second kappa shape index (κ2) is 5.22. The van der Waals surface area contributed by atoms with Crippen LogP contribution in [-0.2, 0) is 0 Å². The summed E-state index contributed by atoms with van der Waals surface area (Å²) in [6.45, 7) is 10.8. The number of rotatable bonds is 3. The summed E-state index contributed by atoms with van der Waals surface area (Å²) in [5.41, 5.74) is 0. The van der Waals surface area contributed by atoms with Crippen LogP contribution in [0.4, 0.5) is 0 Å². The third-order valence-electron chi connectivity index (χ3n) is 1.66. The monoisotopic (exact) mass is 187 g/mol. The normalized spacial score (nSPS) is 15.2. The molecule has 0 nitrogen and oxygen atoms in total. The first-order chi connectivity index (χ1) is 4.18. The maximum absolute atomic E-state index is 3.80. The van der Waals surface area contributed by atoms with Crippen molar-refractivity contribution in [3.8, 4) is 0 Å². The van der Waals surface area contributed by atoms with Gasteiger partial charge in [0.2, 0.25) is 0 Å². The Kier molecular flexibility index (Phi) is 5.46. The van der Waals surface area contributed by atoms with E-state index in [1.807, 2.05) is 0 Å². The van der Waals surface area contributed by atoms with Gasteiger partial charge >= 0.3 is 64.6 Å². The van der Waals surface area contributed by atoms with Gasteiger partial charge in [0.1, 0.15) is 0 Å². The second-order valence-electron chi connectivity index (χ2n) is 2.82. The van der Waals surface area contributed by atoms with Gasteiger partial charge in [-0.1, -0.05) is 0 Å². The molecule has 0 aliphatic carbocycles. The summed E-state index contributed by atoms with van der Waals surface area (Å²) >= 11 is -0.0396. The SMILES string of the molecule is [CH2]C[CH]=[GeH][CH](C)C(C)C. The average Bonchev–Trinajstić information content (AvgIpc) is 1.82. The van der Waals surface area contributed by atoms with Gasteiger partial charge in [-0.05, 0) is 0 Å². The number of hydrogen-bond acceptors (Lipinski definition) is 0. The van der Waals surface area contributed by atoms with Crippen molar-refractivity contribution in [2.24, 2.45) is 5.92 Å². The summed E-state index contributed by atoms with van der Waals surface area (Å²) in [5.74, 6) is 0.882. The minimum atomic E-state index is -0.0396. The predicted octanol–water partition coefficient (Wildman–Crippen LogP) is 1.91. The Bertz CT molecular complexity index is 84.6. The third-order valence-corrected chi connectivity index (χ3v) is 5.82. The van der Waals surface area contributed by atoms with Gasteiger partial charge in [-0.15, -0.1) is 0 Å². The van der Waals surface area contributed by atoms with Gasteiger partial charge in [-0.3, -0.25) is 0 Å². The summed E-state index contributed by atoms with van der Waals surface area (Å²) < 4.78 is 0.982. The van der Waals surface area contributed by atoms with Crippen molar-refractivity contribution in [1.29, 1.82) is 0 Å². The Morgan fingerprint density at radius 1 is 1.44 bits per heavy atom. The van der Waals surface area contributed by atoms with Crippen molar-refractivity contribution in [3.63, 3.8) is 0 Å². The molecule has 0 heterocycles. The van der Waals surface area contributed by atoms with Gasteiger partial charge in [0.25, 0.3) is 0 Å². The van der Waals surface area contributed by atoms with Gasteiger partial charge in [0.15, 0.2) is 0 Å². The zero-order valence-electron chi connectivity index (χ0n) is 6.72. The molecule has 0 amide bonds. The molecule has 1 heteroatoms. The van der Waals surface area contributed by atoms with Crippen LogP contribution < -0.4 is 0 Å². The van der Waals surface area contributed by atoms with Crippen LogP contribution in [0.3, 0.4) is 0 Å². The minimum absolute atomic E-state index is 0.0396. The van der Waals surface area contributed by atoms with E-state index in [1.165, 1.54) is 0 Å². The molecule has 0 bridgehead atoms. The van der Waals surface area contributed by atoms with Crippen LogP contribution in [-0.4, -0.2) is 19.8 Å². The van der Waals surface area contributed by atoms with E-state index in [-0.39, 0.29) is 15.0 Å². The van der Waals surface area contributed by atoms with Crippen LogP contribution in [0, 0.1) is 12.8 Å². The molecule has 9 heavy (non-hydrogen) atoms. The summed E-state index contributed by atoms with van der Waals surface area (Å²) in [6.07, 6.45) is 1.04. The molecule has 0 saturated carbocycles. The quantitative estimate of drug-likeness (QED) is 0.590. The van der Waals surface area contributed by atoms with E-state index >= 15 is 0 Å². The van der Waals surface area contributed by atoms with Gasteiger partial charge in [-0.25, -0.2) is 0 Å². The number of hydrogen-bond donors (Lipinski definition) is 0. The van der Waals surface area contributed by atoms with Crippen molar-refractivity contribution in [3.05, 3.63) is 6.92 Å². The molecule has 0 N–H and O–H groups in total. The molecule has 0 aromatic heterocycles. The molecule has 0 fully saturated rings. The van der Waals surface area contributed by atoms with E-state index < -0.39 is 0 Å². The molecule has 1 radical (unpaired) electrons. The van der Waals surface area contributed by atoms with Crippen molar-refractivity contribution in [2.75, 3.05) is 0 Å². The summed E-state index contributed by atoms with van der Waals surface area (Å²) in [4.78, 5) is 2.41. The van der Waals surface area contributed by atoms with Crippen LogP contribution in [0.25, 0.3) is 0 Å². The predicted molar refractivity (Wildman–Crippen MR) is 47.4 cm³/mol. The fourth-order valence-corrected chi connectivity index (χ4v) is 2.77. The molecule has 0 saturated heterocycles. The Morgan fingerprint density at radius 2 is 2.00 bits per heavy atom. The first-order valence-electron chi connectivity index (χ1n) is 3.64. The van der Waals surface area contributed by atoms with E-state index in [2.05, 4.69) is 32.5 Å². The fourth-order valence-electron chi connectivity index (χ4n) is 0.533. The van der Waals surface area contributed by atoms with Gasteiger partial charge < -0.3 is 0 Å². The zero-order valence-corrected chi connectivity index (χ0v) is 9.15. The maximum atomic E-state index is 3.80. The molecule has 1 atom stereocenters. The Labute approximate surface area is 65.1 Å². The Morgan fingerprint density at radius 3 is 2.33 bits per heavy atom. The van der Waals surface area contributed by atoms with E-state index in [4.69, 9.17) is 0 Å². The molecule has 0 aliphatic heterocycles. The molecule has 53 valence electrons. The van der Waals surface area contributed by atoms with Crippen LogP contribution in [0.15, 0.2) is 0 Å². The summed E-state index contributed by atoms with van der Waals surface area (Å²) in [5, 5.41) is 0. The fraction of sp³-hybridized carbons (Fsp3) is 0.750. The topological polar surface area (TPSA) is 0 Å².